The van der Waals surface area contributed by atoms with Crippen molar-refractivity contribution in [1.82, 2.24) is 14.9 Å². The maximum atomic E-state index is 10.1. The SMILES string of the molecule is C=CCC1(N)NC=Nc2c1ncn2[C@@H]1O[C@H](CO)[C@@H](O)[C@H]1O. The average Bonchev–Trinajstić information content (AvgIpc) is 3.03. The van der Waals surface area contributed by atoms with Crippen molar-refractivity contribution >= 4 is 12.2 Å². The number of aromatic nitrogens is 2. The number of hydrogen-bond acceptors (Lipinski definition) is 8. The molecule has 0 spiro atoms. The molecule has 3 heterocycles. The number of nitrogens with one attached hydrogen (secondary N) is 1. The Bertz CT molecular complexity index is 603. The molecular weight excluding hydrogens is 290 g/mol. The summed E-state index contributed by atoms with van der Waals surface area (Å²) in [4.78, 5) is 8.46. The van der Waals surface area contributed by atoms with Crippen LogP contribution in [0, 0.1) is 0 Å². The summed E-state index contributed by atoms with van der Waals surface area (Å²) < 4.78 is 6.99. The zero-order valence-corrected chi connectivity index (χ0v) is 11.8. The van der Waals surface area contributed by atoms with Crippen molar-refractivity contribution < 1.29 is 20.1 Å². The first-order chi connectivity index (χ1) is 10.5. The molecule has 5 atom stereocenters. The first-order valence-corrected chi connectivity index (χ1v) is 6.91. The number of aliphatic hydroxyl groups excluding tert-OH is 3. The predicted molar refractivity (Wildman–Crippen MR) is 77.2 cm³/mol. The molecule has 2 aliphatic heterocycles. The van der Waals surface area contributed by atoms with Crippen LogP contribution in [0.15, 0.2) is 24.0 Å². The summed E-state index contributed by atoms with van der Waals surface area (Å²) in [5, 5.41) is 32.1. The normalized spacial score (nSPS) is 36.9. The molecule has 0 aliphatic carbocycles. The molecule has 6 N–H and O–H groups in total. The molecule has 0 saturated carbocycles. The molecule has 1 aromatic heterocycles. The van der Waals surface area contributed by atoms with Crippen molar-refractivity contribution in [3.63, 3.8) is 0 Å². The van der Waals surface area contributed by atoms with Crippen LogP contribution in [0.2, 0.25) is 0 Å². The van der Waals surface area contributed by atoms with Crippen LogP contribution in [-0.4, -0.2) is 56.1 Å². The lowest BCUT2D eigenvalue weighted by Crippen LogP contribution is -2.51. The Balaban J connectivity index is 1.97. The second kappa shape index (κ2) is 5.45. The monoisotopic (exact) mass is 309 g/mol. The van der Waals surface area contributed by atoms with Gasteiger partial charge in [-0.25, -0.2) is 9.98 Å². The molecule has 1 unspecified atom stereocenters. The van der Waals surface area contributed by atoms with Crippen LogP contribution in [0.25, 0.3) is 0 Å². The smallest absolute Gasteiger partial charge is 0.165 e. The fraction of sp³-hybridized carbons (Fsp3) is 0.538. The summed E-state index contributed by atoms with van der Waals surface area (Å²) in [7, 11) is 0. The second-order valence-electron chi connectivity index (χ2n) is 5.42. The summed E-state index contributed by atoms with van der Waals surface area (Å²) in [6, 6.07) is 0. The van der Waals surface area contributed by atoms with Gasteiger partial charge in [0.1, 0.15) is 29.7 Å². The highest BCUT2D eigenvalue weighted by molar-refractivity contribution is 5.66. The Morgan fingerprint density at radius 1 is 1.50 bits per heavy atom. The van der Waals surface area contributed by atoms with E-state index in [9.17, 15) is 10.2 Å². The highest BCUT2D eigenvalue weighted by Gasteiger charge is 2.45. The van der Waals surface area contributed by atoms with Gasteiger partial charge in [-0.05, 0) is 0 Å². The molecule has 0 radical (unpaired) electrons. The molecule has 0 amide bonds. The van der Waals surface area contributed by atoms with Crippen molar-refractivity contribution in [1.29, 1.82) is 0 Å². The van der Waals surface area contributed by atoms with E-state index in [1.54, 1.807) is 6.08 Å². The Morgan fingerprint density at radius 2 is 2.27 bits per heavy atom. The molecule has 9 nitrogen and oxygen atoms in total. The van der Waals surface area contributed by atoms with E-state index in [1.165, 1.54) is 17.2 Å². The van der Waals surface area contributed by atoms with Gasteiger partial charge in [0.15, 0.2) is 12.0 Å². The molecular formula is C13H19N5O4. The summed E-state index contributed by atoms with van der Waals surface area (Å²) in [5.41, 5.74) is 5.82. The third kappa shape index (κ3) is 2.14. The van der Waals surface area contributed by atoms with Crippen molar-refractivity contribution in [3.8, 4) is 0 Å². The topological polar surface area (TPSA) is 138 Å². The maximum absolute atomic E-state index is 10.1. The van der Waals surface area contributed by atoms with E-state index in [0.29, 0.717) is 17.9 Å². The zero-order chi connectivity index (χ0) is 15.9. The van der Waals surface area contributed by atoms with Gasteiger partial charge in [-0.15, -0.1) is 6.58 Å². The van der Waals surface area contributed by atoms with Crippen LogP contribution >= 0.6 is 0 Å². The van der Waals surface area contributed by atoms with Crippen molar-refractivity contribution in [2.45, 2.75) is 36.6 Å². The highest BCUT2D eigenvalue weighted by atomic mass is 16.6. The van der Waals surface area contributed by atoms with Crippen molar-refractivity contribution in [2.24, 2.45) is 10.7 Å². The molecule has 9 heteroatoms. The molecule has 3 rings (SSSR count). The van der Waals surface area contributed by atoms with Crippen LogP contribution in [0.5, 0.6) is 0 Å². The Kier molecular flexibility index (Phi) is 3.75. The minimum absolute atomic E-state index is 0.395. The fourth-order valence-electron chi connectivity index (χ4n) is 2.75. The van der Waals surface area contributed by atoms with Crippen LogP contribution in [0.3, 0.4) is 0 Å². The molecule has 0 bridgehead atoms. The van der Waals surface area contributed by atoms with Crippen molar-refractivity contribution in [2.75, 3.05) is 6.61 Å². The summed E-state index contributed by atoms with van der Waals surface area (Å²) in [6.45, 7) is 3.28. The van der Waals surface area contributed by atoms with E-state index in [4.69, 9.17) is 15.6 Å². The van der Waals surface area contributed by atoms with Crippen LogP contribution in [0.4, 0.5) is 5.82 Å². The fourth-order valence-corrected chi connectivity index (χ4v) is 2.75. The Morgan fingerprint density at radius 3 is 2.91 bits per heavy atom. The van der Waals surface area contributed by atoms with E-state index in [2.05, 4.69) is 21.9 Å². The van der Waals surface area contributed by atoms with Gasteiger partial charge < -0.3 is 31.1 Å². The van der Waals surface area contributed by atoms with Crippen molar-refractivity contribution in [3.05, 3.63) is 24.7 Å². The number of rotatable bonds is 4. The first-order valence-electron chi connectivity index (χ1n) is 6.91. The lowest BCUT2D eigenvalue weighted by molar-refractivity contribution is -0.0520. The average molecular weight is 309 g/mol. The summed E-state index contributed by atoms with van der Waals surface area (Å²) in [5.74, 6) is 0.429. The molecule has 1 fully saturated rings. The van der Waals surface area contributed by atoms with Gasteiger partial charge in [-0.3, -0.25) is 4.57 Å². The molecule has 1 aromatic rings. The van der Waals surface area contributed by atoms with Gasteiger partial charge in [-0.2, -0.15) is 0 Å². The Hall–Kier alpha value is -1.78. The third-order valence-electron chi connectivity index (χ3n) is 3.96. The van der Waals surface area contributed by atoms with Gasteiger partial charge in [0.05, 0.1) is 19.3 Å². The molecule has 1 saturated heterocycles. The largest absolute Gasteiger partial charge is 0.394 e. The number of nitrogens with two attached hydrogens (primary N) is 1. The number of aliphatic hydroxyl groups is 3. The van der Waals surface area contributed by atoms with Crippen LogP contribution in [0.1, 0.15) is 18.3 Å². The van der Waals surface area contributed by atoms with Crippen LogP contribution < -0.4 is 11.1 Å². The molecule has 2 aliphatic rings. The quantitative estimate of drug-likeness (QED) is 0.424. The number of nitrogens with zero attached hydrogens (tertiary/aromatic N) is 3. The molecule has 120 valence electrons. The Labute approximate surface area is 126 Å². The summed E-state index contributed by atoms with van der Waals surface area (Å²) >= 11 is 0. The van der Waals surface area contributed by atoms with E-state index in [-0.39, 0.29) is 0 Å². The van der Waals surface area contributed by atoms with Gasteiger partial charge >= 0.3 is 0 Å². The van der Waals surface area contributed by atoms with E-state index >= 15 is 0 Å². The van der Waals surface area contributed by atoms with E-state index in [0.717, 1.165) is 0 Å². The third-order valence-corrected chi connectivity index (χ3v) is 3.96. The van der Waals surface area contributed by atoms with Gasteiger partial charge in [0.2, 0.25) is 0 Å². The number of aliphatic imine (C=N–C) groups is 1. The number of ether oxygens (including phenoxy) is 1. The molecule has 22 heavy (non-hydrogen) atoms. The van der Waals surface area contributed by atoms with Crippen LogP contribution in [-0.2, 0) is 10.4 Å². The van der Waals surface area contributed by atoms with Gasteiger partial charge in [0.25, 0.3) is 0 Å². The summed E-state index contributed by atoms with van der Waals surface area (Å²) in [6.07, 6.45) is 0.846. The zero-order valence-electron chi connectivity index (χ0n) is 11.8. The first kappa shape index (κ1) is 15.1. The van der Waals surface area contributed by atoms with E-state index in [1.807, 2.05) is 0 Å². The maximum Gasteiger partial charge on any atom is 0.165 e. The molecule has 0 aromatic carbocycles. The second-order valence-corrected chi connectivity index (χ2v) is 5.42. The number of fused-ring (bicyclic) bond motifs is 1. The minimum atomic E-state index is -1.20. The number of imidazole rings is 1. The predicted octanol–water partition coefficient (Wildman–Crippen LogP) is -1.55. The minimum Gasteiger partial charge on any atom is -0.394 e. The lowest BCUT2D eigenvalue weighted by Gasteiger charge is -2.30. The lowest BCUT2D eigenvalue weighted by atomic mass is 10.0. The van der Waals surface area contributed by atoms with E-state index < -0.39 is 36.8 Å². The highest BCUT2D eigenvalue weighted by Crippen LogP contribution is 2.37. The number of hydrogen-bond donors (Lipinski definition) is 5. The van der Waals surface area contributed by atoms with Gasteiger partial charge in [-0.1, -0.05) is 6.08 Å². The van der Waals surface area contributed by atoms with Gasteiger partial charge in [0, 0.05) is 6.42 Å². The standard InChI is InChI=1S/C13H19N5O4/c1-2-3-13(14)10-11(15-5-17-13)18(6-16-10)12-9(21)8(20)7(4-19)22-12/h2,5-9,12,19-21H,1,3-4,14H2,(H,15,17)/t7-,8-,9-,12-,13?/m1/s1.